The molecule has 3 rings (SSSR count). The lowest BCUT2D eigenvalue weighted by Gasteiger charge is -2.19. The second kappa shape index (κ2) is 6.60. The maximum Gasteiger partial charge on any atom is 0.251 e. The molecule has 0 bridgehead atoms. The van der Waals surface area contributed by atoms with Gasteiger partial charge in [0.15, 0.2) is 0 Å². The fourth-order valence-corrected chi connectivity index (χ4v) is 3.15. The van der Waals surface area contributed by atoms with Crippen LogP contribution in [0.2, 0.25) is 0 Å². The van der Waals surface area contributed by atoms with Crippen LogP contribution in [0.15, 0.2) is 42.6 Å². The molecule has 3 aromatic rings. The summed E-state index contributed by atoms with van der Waals surface area (Å²) in [5.74, 6) is -0.0671. The third-order valence-corrected chi connectivity index (χ3v) is 5.06. The number of carbonyl (C=O) groups is 1. The average molecular weight is 349 g/mol. The fraction of sp³-hybridized carbons (Fsp3) is 0.364. The second-order valence-corrected chi connectivity index (χ2v) is 8.03. The van der Waals surface area contributed by atoms with E-state index in [1.807, 2.05) is 50.0 Å². The van der Waals surface area contributed by atoms with Gasteiger partial charge in [0.1, 0.15) is 0 Å². The van der Waals surface area contributed by atoms with Crippen LogP contribution < -0.4 is 5.32 Å². The summed E-state index contributed by atoms with van der Waals surface area (Å²) in [6, 6.07) is 12.2. The van der Waals surface area contributed by atoms with Crippen molar-refractivity contribution in [3.63, 3.8) is 0 Å². The van der Waals surface area contributed by atoms with Crippen molar-refractivity contribution in [1.82, 2.24) is 15.1 Å². The van der Waals surface area contributed by atoms with E-state index in [4.69, 9.17) is 0 Å². The number of nitrogens with zero attached hydrogens (tertiary/aromatic N) is 2. The Morgan fingerprint density at radius 3 is 2.38 bits per heavy atom. The monoisotopic (exact) mass is 349 g/mol. The summed E-state index contributed by atoms with van der Waals surface area (Å²) in [7, 11) is 1.91. The number of fused-ring (bicyclic) bond motifs is 1. The first-order valence-corrected chi connectivity index (χ1v) is 9.00. The van der Waals surface area contributed by atoms with Crippen molar-refractivity contribution in [2.24, 2.45) is 7.05 Å². The number of rotatable bonds is 3. The summed E-state index contributed by atoms with van der Waals surface area (Å²) < 4.78 is 1.82. The Hall–Kier alpha value is -2.62. The van der Waals surface area contributed by atoms with Gasteiger partial charge in [-0.1, -0.05) is 45.0 Å². The number of aromatic nitrogens is 2. The van der Waals surface area contributed by atoms with E-state index in [0.29, 0.717) is 5.56 Å². The first-order chi connectivity index (χ1) is 12.2. The minimum Gasteiger partial charge on any atom is -0.345 e. The van der Waals surface area contributed by atoms with Crippen molar-refractivity contribution in [1.29, 1.82) is 0 Å². The first-order valence-electron chi connectivity index (χ1n) is 9.00. The highest BCUT2D eigenvalue weighted by atomic mass is 16.1. The van der Waals surface area contributed by atoms with Crippen LogP contribution in [0, 0.1) is 6.92 Å². The van der Waals surface area contributed by atoms with E-state index in [2.05, 4.69) is 49.4 Å². The van der Waals surface area contributed by atoms with E-state index < -0.39 is 0 Å². The molecule has 0 saturated heterocycles. The van der Waals surface area contributed by atoms with Crippen molar-refractivity contribution in [2.45, 2.75) is 46.1 Å². The van der Waals surface area contributed by atoms with Crippen molar-refractivity contribution in [3.8, 4) is 0 Å². The molecule has 1 heterocycles. The Labute approximate surface area is 155 Å². The lowest BCUT2D eigenvalue weighted by molar-refractivity contribution is 0.0940. The predicted octanol–water partition coefficient (Wildman–Crippen LogP) is 4.67. The van der Waals surface area contributed by atoms with Gasteiger partial charge in [0.2, 0.25) is 0 Å². The van der Waals surface area contributed by atoms with Crippen LogP contribution in [-0.4, -0.2) is 15.7 Å². The second-order valence-electron chi connectivity index (χ2n) is 8.03. The maximum atomic E-state index is 12.7. The summed E-state index contributed by atoms with van der Waals surface area (Å²) in [5.41, 5.74) is 4.18. The SMILES string of the molecule is Cc1c(C(C)NC(=O)c2ccc3cc(C(C)(C)C)ccc3c2)cnn1C. The summed E-state index contributed by atoms with van der Waals surface area (Å²) >= 11 is 0. The van der Waals surface area contributed by atoms with Crippen LogP contribution in [0.3, 0.4) is 0 Å². The highest BCUT2D eigenvalue weighted by Gasteiger charge is 2.17. The van der Waals surface area contributed by atoms with Gasteiger partial charge in [-0.3, -0.25) is 9.48 Å². The van der Waals surface area contributed by atoms with Crippen LogP contribution in [0.1, 0.15) is 60.9 Å². The first kappa shape index (κ1) is 18.2. The minimum atomic E-state index is -0.0878. The summed E-state index contributed by atoms with van der Waals surface area (Å²) in [4.78, 5) is 12.7. The Morgan fingerprint density at radius 1 is 1.12 bits per heavy atom. The standard InChI is InChI=1S/C22H27N3O/c1-14(20-13-23-25(6)15(20)2)24-21(26)18-8-7-17-12-19(22(3,4)5)10-9-16(17)11-18/h7-14H,1-6H3,(H,24,26). The van der Waals surface area contributed by atoms with Gasteiger partial charge in [0, 0.05) is 23.9 Å². The van der Waals surface area contributed by atoms with E-state index in [9.17, 15) is 4.79 Å². The van der Waals surface area contributed by atoms with E-state index in [-0.39, 0.29) is 17.4 Å². The molecule has 0 fully saturated rings. The molecule has 0 aliphatic carbocycles. The smallest absolute Gasteiger partial charge is 0.251 e. The number of aryl methyl sites for hydroxylation is 1. The molecule has 4 heteroatoms. The summed E-state index contributed by atoms with van der Waals surface area (Å²) in [5, 5.41) is 9.56. The molecule has 0 aliphatic heterocycles. The molecule has 0 spiro atoms. The van der Waals surface area contributed by atoms with Crippen LogP contribution in [-0.2, 0) is 12.5 Å². The zero-order chi connectivity index (χ0) is 19.1. The van der Waals surface area contributed by atoms with Crippen LogP contribution in [0.5, 0.6) is 0 Å². The average Bonchev–Trinajstić information content (AvgIpc) is 2.92. The molecule has 0 aliphatic rings. The van der Waals surface area contributed by atoms with Crippen molar-refractivity contribution in [2.75, 3.05) is 0 Å². The molecule has 1 aromatic heterocycles. The Bertz CT molecular complexity index is 963. The number of amides is 1. The Morgan fingerprint density at radius 2 is 1.77 bits per heavy atom. The topological polar surface area (TPSA) is 46.9 Å². The lowest BCUT2D eigenvalue weighted by atomic mass is 9.86. The van der Waals surface area contributed by atoms with E-state index in [1.54, 1.807) is 0 Å². The van der Waals surface area contributed by atoms with Gasteiger partial charge >= 0.3 is 0 Å². The molecule has 0 radical (unpaired) electrons. The molecule has 1 unspecified atom stereocenters. The van der Waals surface area contributed by atoms with Gasteiger partial charge in [-0.2, -0.15) is 5.10 Å². The largest absolute Gasteiger partial charge is 0.345 e. The molecule has 2 aromatic carbocycles. The molecule has 4 nitrogen and oxygen atoms in total. The van der Waals surface area contributed by atoms with Gasteiger partial charge in [-0.15, -0.1) is 0 Å². The predicted molar refractivity (Wildman–Crippen MR) is 106 cm³/mol. The number of hydrogen-bond acceptors (Lipinski definition) is 2. The maximum absolute atomic E-state index is 12.7. The van der Waals surface area contributed by atoms with Gasteiger partial charge in [0.05, 0.1) is 12.2 Å². The number of nitrogens with one attached hydrogen (secondary N) is 1. The lowest BCUT2D eigenvalue weighted by Crippen LogP contribution is -2.26. The number of benzene rings is 2. The third kappa shape index (κ3) is 3.50. The van der Waals surface area contributed by atoms with Gasteiger partial charge in [0.25, 0.3) is 5.91 Å². The number of carbonyl (C=O) groups excluding carboxylic acids is 1. The van der Waals surface area contributed by atoms with Crippen LogP contribution >= 0.6 is 0 Å². The normalized spacial score (nSPS) is 13.0. The van der Waals surface area contributed by atoms with Crippen molar-refractivity contribution in [3.05, 3.63) is 65.0 Å². The Balaban J connectivity index is 1.83. The highest BCUT2D eigenvalue weighted by molar-refractivity contribution is 5.98. The molecule has 1 N–H and O–H groups in total. The van der Waals surface area contributed by atoms with E-state index in [0.717, 1.165) is 22.0 Å². The van der Waals surface area contributed by atoms with Crippen LogP contribution in [0.25, 0.3) is 10.8 Å². The summed E-state index contributed by atoms with van der Waals surface area (Å²) in [6.45, 7) is 10.6. The van der Waals surface area contributed by atoms with Gasteiger partial charge in [-0.05, 0) is 47.7 Å². The molecule has 136 valence electrons. The molecule has 26 heavy (non-hydrogen) atoms. The minimum absolute atomic E-state index is 0.0671. The fourth-order valence-electron chi connectivity index (χ4n) is 3.15. The van der Waals surface area contributed by atoms with Gasteiger partial charge in [-0.25, -0.2) is 0 Å². The third-order valence-electron chi connectivity index (χ3n) is 5.06. The van der Waals surface area contributed by atoms with Crippen molar-refractivity contribution < 1.29 is 4.79 Å². The van der Waals surface area contributed by atoms with E-state index >= 15 is 0 Å². The Kier molecular flexibility index (Phi) is 4.61. The number of hydrogen-bond donors (Lipinski definition) is 1. The quantitative estimate of drug-likeness (QED) is 0.747. The highest BCUT2D eigenvalue weighted by Crippen LogP contribution is 2.27. The molecular weight excluding hydrogens is 322 g/mol. The molecule has 1 amide bonds. The van der Waals surface area contributed by atoms with Gasteiger partial charge < -0.3 is 5.32 Å². The molecule has 1 atom stereocenters. The molecular formula is C22H27N3O. The zero-order valence-corrected chi connectivity index (χ0v) is 16.4. The van der Waals surface area contributed by atoms with E-state index in [1.165, 1.54) is 5.56 Å². The van der Waals surface area contributed by atoms with Crippen molar-refractivity contribution >= 4 is 16.7 Å². The zero-order valence-electron chi connectivity index (χ0n) is 16.4. The summed E-state index contributed by atoms with van der Waals surface area (Å²) in [6.07, 6.45) is 1.81. The molecule has 0 saturated carbocycles. The van der Waals surface area contributed by atoms with Crippen LogP contribution in [0.4, 0.5) is 0 Å².